The highest BCUT2D eigenvalue weighted by molar-refractivity contribution is 6.05. The Kier molecular flexibility index (Phi) is 8.85. The van der Waals surface area contributed by atoms with Crippen LogP contribution in [-0.2, 0) is 18.9 Å². The van der Waals surface area contributed by atoms with E-state index in [-0.39, 0.29) is 26.0 Å². The van der Waals surface area contributed by atoms with Gasteiger partial charge in [-0.1, -0.05) is 6.07 Å². The molecule has 186 valence electrons. The Hall–Kier alpha value is -3.24. The summed E-state index contributed by atoms with van der Waals surface area (Å²) in [5.74, 6) is 0.981. The molecule has 9 heteroatoms. The molecule has 9 nitrogen and oxygen atoms in total. The van der Waals surface area contributed by atoms with Crippen molar-refractivity contribution in [2.45, 2.75) is 5.92 Å². The fourth-order valence-corrected chi connectivity index (χ4v) is 3.72. The molecule has 0 spiro atoms. The number of carbonyl (C=O) groups excluding carboxylic acids is 1. The highest BCUT2D eigenvalue weighted by atomic mass is 16.7. The Balaban J connectivity index is 1.52. The summed E-state index contributed by atoms with van der Waals surface area (Å²) in [6.45, 7) is 2.07. The molecule has 2 aromatic carbocycles. The number of pyridine rings is 1. The lowest BCUT2D eigenvalue weighted by Crippen LogP contribution is -2.26. The molecule has 0 bridgehead atoms. The number of ketones is 1. The lowest BCUT2D eigenvalue weighted by atomic mass is 9.87. The van der Waals surface area contributed by atoms with E-state index in [9.17, 15) is 4.79 Å². The number of carbonyl (C=O) groups is 1. The van der Waals surface area contributed by atoms with E-state index in [1.165, 1.54) is 0 Å². The van der Waals surface area contributed by atoms with E-state index >= 15 is 0 Å². The van der Waals surface area contributed by atoms with Gasteiger partial charge in [0, 0.05) is 43.5 Å². The maximum absolute atomic E-state index is 13.5. The molecule has 0 saturated carbocycles. The lowest BCUT2D eigenvalue weighted by Gasteiger charge is -2.26. The van der Waals surface area contributed by atoms with Crippen LogP contribution in [0.2, 0.25) is 0 Å². The van der Waals surface area contributed by atoms with Gasteiger partial charge in [-0.2, -0.15) is 0 Å². The molecule has 1 unspecified atom stereocenters. The lowest BCUT2D eigenvalue weighted by molar-refractivity contribution is -0.00916. The number of aromatic nitrogens is 1. The number of benzene rings is 2. The predicted molar refractivity (Wildman–Crippen MR) is 127 cm³/mol. The number of fused-ring (bicyclic) bond motifs is 2. The van der Waals surface area contributed by atoms with Crippen molar-refractivity contribution < 1.29 is 38.0 Å². The fraction of sp³-hybridized carbons (Fsp3) is 0.385. The van der Waals surface area contributed by atoms with Crippen molar-refractivity contribution in [1.29, 1.82) is 0 Å². The molecular weight excluding hydrogens is 454 g/mol. The summed E-state index contributed by atoms with van der Waals surface area (Å²) >= 11 is 0. The van der Waals surface area contributed by atoms with Crippen LogP contribution in [0.25, 0.3) is 10.9 Å². The van der Waals surface area contributed by atoms with Gasteiger partial charge in [-0.3, -0.25) is 9.78 Å². The summed E-state index contributed by atoms with van der Waals surface area (Å²) in [5, 5.41) is 0.908. The van der Waals surface area contributed by atoms with E-state index in [4.69, 9.17) is 33.2 Å². The van der Waals surface area contributed by atoms with Gasteiger partial charge in [0.2, 0.25) is 0 Å². The second-order valence-corrected chi connectivity index (χ2v) is 7.80. The quantitative estimate of drug-likeness (QED) is 0.267. The van der Waals surface area contributed by atoms with Crippen LogP contribution in [0.1, 0.15) is 21.8 Å². The number of hydrogen-bond donors (Lipinski definition) is 0. The maximum Gasteiger partial charge on any atom is 0.189 e. The molecule has 0 radical (unpaired) electrons. The van der Waals surface area contributed by atoms with E-state index in [1.54, 1.807) is 38.6 Å². The molecule has 0 saturated heterocycles. The first-order valence-corrected chi connectivity index (χ1v) is 11.3. The number of nitrogens with zero attached hydrogens (tertiary/aromatic N) is 1. The summed E-state index contributed by atoms with van der Waals surface area (Å²) in [4.78, 5) is 17.9. The zero-order chi connectivity index (χ0) is 24.5. The molecule has 0 N–H and O–H groups in total. The Bertz CT molecular complexity index is 1140. The normalized spacial score (nSPS) is 15.0. The van der Waals surface area contributed by atoms with Gasteiger partial charge >= 0.3 is 0 Å². The summed E-state index contributed by atoms with van der Waals surface area (Å²) < 4.78 is 38.2. The molecule has 1 aromatic heterocycles. The van der Waals surface area contributed by atoms with Gasteiger partial charge in [0.1, 0.15) is 23.9 Å². The Morgan fingerprint density at radius 3 is 2.49 bits per heavy atom. The Morgan fingerprint density at radius 1 is 0.943 bits per heavy atom. The third-order valence-corrected chi connectivity index (χ3v) is 5.52. The van der Waals surface area contributed by atoms with E-state index in [0.717, 1.165) is 16.5 Å². The van der Waals surface area contributed by atoms with Crippen molar-refractivity contribution >= 4 is 16.7 Å². The molecule has 4 rings (SSSR count). The predicted octanol–water partition coefficient (Wildman–Crippen LogP) is 3.59. The molecule has 0 fully saturated rings. The first kappa shape index (κ1) is 24.9. The fourth-order valence-electron chi connectivity index (χ4n) is 3.72. The average molecular weight is 484 g/mol. The minimum absolute atomic E-state index is 0.0280. The van der Waals surface area contributed by atoms with Crippen molar-refractivity contribution in [3.63, 3.8) is 0 Å². The molecule has 1 atom stereocenters. The van der Waals surface area contributed by atoms with Crippen LogP contribution in [0.4, 0.5) is 0 Å². The highest BCUT2D eigenvalue weighted by Crippen LogP contribution is 2.39. The monoisotopic (exact) mass is 483 g/mol. The first-order chi connectivity index (χ1) is 17.2. The molecular formula is C26H29NO8. The second-order valence-electron chi connectivity index (χ2n) is 7.80. The van der Waals surface area contributed by atoms with Crippen molar-refractivity contribution in [3.05, 3.63) is 59.8 Å². The third-order valence-electron chi connectivity index (χ3n) is 5.52. The maximum atomic E-state index is 13.5. The average Bonchev–Trinajstić information content (AvgIpc) is 2.88. The van der Waals surface area contributed by atoms with Crippen molar-refractivity contribution in [2.75, 3.05) is 60.8 Å². The number of Topliss-reactive ketones (excluding diaryl/α,β-unsaturated/α-hetero) is 1. The number of rotatable bonds is 13. The van der Waals surface area contributed by atoms with E-state index in [2.05, 4.69) is 4.98 Å². The molecule has 1 aliphatic rings. The molecule has 0 amide bonds. The summed E-state index contributed by atoms with van der Waals surface area (Å²) in [5.41, 5.74) is 1.98. The van der Waals surface area contributed by atoms with Crippen LogP contribution in [0.3, 0.4) is 0 Å². The number of hydrogen-bond acceptors (Lipinski definition) is 9. The van der Waals surface area contributed by atoms with Crippen LogP contribution in [0.5, 0.6) is 17.2 Å². The minimum Gasteiger partial charge on any atom is -0.492 e. The molecule has 3 aromatic rings. The highest BCUT2D eigenvalue weighted by Gasteiger charge is 2.33. The number of ether oxygens (including phenoxy) is 7. The van der Waals surface area contributed by atoms with Crippen LogP contribution in [0, 0.1) is 0 Å². The Labute approximate surface area is 203 Å². The largest absolute Gasteiger partial charge is 0.492 e. The van der Waals surface area contributed by atoms with E-state index in [0.29, 0.717) is 49.2 Å². The van der Waals surface area contributed by atoms with Gasteiger partial charge in [0.25, 0.3) is 0 Å². The smallest absolute Gasteiger partial charge is 0.189 e. The zero-order valence-corrected chi connectivity index (χ0v) is 19.9. The van der Waals surface area contributed by atoms with Gasteiger partial charge in [0.15, 0.2) is 19.4 Å². The molecule has 2 heterocycles. The van der Waals surface area contributed by atoms with Crippen molar-refractivity contribution in [3.8, 4) is 17.2 Å². The third kappa shape index (κ3) is 6.26. The minimum atomic E-state index is -0.537. The van der Waals surface area contributed by atoms with Crippen molar-refractivity contribution in [2.24, 2.45) is 0 Å². The zero-order valence-electron chi connectivity index (χ0n) is 19.9. The molecule has 35 heavy (non-hydrogen) atoms. The SMILES string of the molecule is COCCOCOc1ccc2c(c1)OCC(c1cc3cccnc3cc1OCOCCOC)C2=O. The van der Waals surface area contributed by atoms with Gasteiger partial charge in [-0.05, 0) is 24.3 Å². The topological polar surface area (TPSA) is 94.6 Å². The molecule has 0 aliphatic carbocycles. The van der Waals surface area contributed by atoms with Crippen LogP contribution >= 0.6 is 0 Å². The first-order valence-electron chi connectivity index (χ1n) is 11.3. The van der Waals surface area contributed by atoms with Crippen LogP contribution in [-0.4, -0.2) is 71.6 Å². The van der Waals surface area contributed by atoms with Crippen molar-refractivity contribution in [1.82, 2.24) is 4.98 Å². The molecule has 1 aliphatic heterocycles. The van der Waals surface area contributed by atoms with Crippen LogP contribution < -0.4 is 14.2 Å². The summed E-state index contributed by atoms with van der Waals surface area (Å²) in [7, 11) is 3.21. The Morgan fingerprint density at radius 2 is 1.71 bits per heavy atom. The number of methoxy groups -OCH3 is 2. The van der Waals surface area contributed by atoms with Gasteiger partial charge < -0.3 is 33.2 Å². The van der Waals surface area contributed by atoms with Gasteiger partial charge in [0.05, 0.1) is 43.4 Å². The van der Waals surface area contributed by atoms with Gasteiger partial charge in [-0.15, -0.1) is 0 Å². The summed E-state index contributed by atoms with van der Waals surface area (Å²) in [6.07, 6.45) is 1.72. The van der Waals surface area contributed by atoms with E-state index in [1.807, 2.05) is 24.3 Å². The van der Waals surface area contributed by atoms with Gasteiger partial charge in [-0.25, -0.2) is 0 Å². The van der Waals surface area contributed by atoms with Crippen LogP contribution in [0.15, 0.2) is 48.7 Å². The standard InChI is InChI=1S/C26H29NO8/c1-29-8-10-31-16-34-19-5-6-20-24(13-19)33-15-22(26(20)28)21-12-18-4-3-7-27-23(18)14-25(21)35-17-32-11-9-30-2/h3-7,12-14,22H,8-11,15-17H2,1-2H3. The summed E-state index contributed by atoms with van der Waals surface area (Å²) in [6, 6.07) is 12.7. The second kappa shape index (κ2) is 12.5. The van der Waals surface area contributed by atoms with E-state index < -0.39 is 5.92 Å².